The molecule has 0 spiro atoms. The van der Waals surface area contributed by atoms with E-state index in [9.17, 15) is 4.39 Å². The van der Waals surface area contributed by atoms with Crippen molar-refractivity contribution in [1.82, 2.24) is 0 Å². The van der Waals surface area contributed by atoms with Gasteiger partial charge in [0.25, 0.3) is 0 Å². The van der Waals surface area contributed by atoms with Gasteiger partial charge in [-0.2, -0.15) is 0 Å². The van der Waals surface area contributed by atoms with E-state index in [-0.39, 0.29) is 5.84 Å². The highest BCUT2D eigenvalue weighted by molar-refractivity contribution is 9.10. The third-order valence-corrected chi connectivity index (χ3v) is 2.00. The van der Waals surface area contributed by atoms with Gasteiger partial charge < -0.3 is 10.9 Å². The van der Waals surface area contributed by atoms with E-state index in [0.717, 1.165) is 0 Å². The average Bonchev–Trinajstić information content (AvgIpc) is 2.08. The Bertz CT molecular complexity index is 327. The van der Waals surface area contributed by atoms with Crippen LogP contribution in [0.15, 0.2) is 27.8 Å². The van der Waals surface area contributed by atoms with Gasteiger partial charge >= 0.3 is 0 Å². The topological polar surface area (TPSA) is 58.6 Å². The summed E-state index contributed by atoms with van der Waals surface area (Å²) in [7, 11) is 0. The highest BCUT2D eigenvalue weighted by Gasteiger charge is 2.05. The van der Waals surface area contributed by atoms with Gasteiger partial charge in [0, 0.05) is 10.0 Å². The summed E-state index contributed by atoms with van der Waals surface area (Å²) < 4.78 is 13.2. The van der Waals surface area contributed by atoms with Gasteiger partial charge in [0.05, 0.1) is 0 Å². The number of hydrogen-bond acceptors (Lipinski definition) is 2. The quantitative estimate of drug-likeness (QED) is 0.335. The summed E-state index contributed by atoms with van der Waals surface area (Å²) in [5.74, 6) is -0.554. The Kier molecular flexibility index (Phi) is 2.65. The van der Waals surface area contributed by atoms with E-state index in [0.29, 0.717) is 10.0 Å². The SMILES string of the molecule is NC(=NO)c1cc(F)ccc1Br. The molecule has 1 aromatic rings. The van der Waals surface area contributed by atoms with Crippen LogP contribution in [0.25, 0.3) is 0 Å². The minimum absolute atomic E-state index is 0.124. The molecule has 0 amide bonds. The molecule has 1 aromatic carbocycles. The first-order chi connectivity index (χ1) is 5.65. The van der Waals surface area contributed by atoms with Gasteiger partial charge in [-0.25, -0.2) is 4.39 Å². The van der Waals surface area contributed by atoms with Gasteiger partial charge in [-0.3, -0.25) is 0 Å². The second-order valence-electron chi connectivity index (χ2n) is 2.11. The molecular weight excluding hydrogens is 227 g/mol. The molecular formula is C7H6BrFN2O. The predicted octanol–water partition coefficient (Wildman–Crippen LogP) is 1.68. The van der Waals surface area contributed by atoms with E-state index in [1.54, 1.807) is 0 Å². The number of benzene rings is 1. The molecule has 0 aromatic heterocycles. The number of rotatable bonds is 1. The van der Waals surface area contributed by atoms with Gasteiger partial charge in [0.2, 0.25) is 0 Å². The van der Waals surface area contributed by atoms with Crippen LogP contribution in [0.4, 0.5) is 4.39 Å². The summed E-state index contributed by atoms with van der Waals surface area (Å²) in [6.45, 7) is 0. The summed E-state index contributed by atoms with van der Waals surface area (Å²) in [4.78, 5) is 0. The molecule has 0 heterocycles. The summed E-state index contributed by atoms with van der Waals surface area (Å²) in [5.41, 5.74) is 5.60. The second kappa shape index (κ2) is 3.53. The van der Waals surface area contributed by atoms with Crippen molar-refractivity contribution in [2.75, 3.05) is 0 Å². The van der Waals surface area contributed by atoms with Crippen molar-refractivity contribution in [1.29, 1.82) is 0 Å². The van der Waals surface area contributed by atoms with Crippen molar-refractivity contribution in [2.24, 2.45) is 10.9 Å². The van der Waals surface area contributed by atoms with Crippen molar-refractivity contribution in [3.63, 3.8) is 0 Å². The zero-order chi connectivity index (χ0) is 9.14. The average molecular weight is 233 g/mol. The van der Waals surface area contributed by atoms with Crippen molar-refractivity contribution in [3.05, 3.63) is 34.1 Å². The molecule has 64 valence electrons. The highest BCUT2D eigenvalue weighted by atomic mass is 79.9. The van der Waals surface area contributed by atoms with Crippen LogP contribution in [-0.4, -0.2) is 11.0 Å². The fourth-order valence-corrected chi connectivity index (χ4v) is 1.20. The third kappa shape index (κ3) is 1.73. The van der Waals surface area contributed by atoms with Crippen molar-refractivity contribution in [3.8, 4) is 0 Å². The Balaban J connectivity index is 3.23. The molecule has 0 aliphatic heterocycles. The van der Waals surface area contributed by atoms with E-state index in [1.165, 1.54) is 18.2 Å². The van der Waals surface area contributed by atoms with Crippen molar-refractivity contribution >= 4 is 21.8 Å². The Morgan fingerprint density at radius 1 is 1.58 bits per heavy atom. The first-order valence-electron chi connectivity index (χ1n) is 3.08. The van der Waals surface area contributed by atoms with E-state index < -0.39 is 5.82 Å². The second-order valence-corrected chi connectivity index (χ2v) is 2.96. The lowest BCUT2D eigenvalue weighted by molar-refractivity contribution is 0.318. The fraction of sp³-hybridized carbons (Fsp3) is 0. The zero-order valence-electron chi connectivity index (χ0n) is 5.96. The highest BCUT2D eigenvalue weighted by Crippen LogP contribution is 2.17. The smallest absolute Gasteiger partial charge is 0.171 e. The van der Waals surface area contributed by atoms with Crippen LogP contribution < -0.4 is 5.73 Å². The van der Waals surface area contributed by atoms with E-state index in [4.69, 9.17) is 10.9 Å². The standard InChI is InChI=1S/C7H6BrFN2O/c8-6-2-1-4(9)3-5(6)7(10)11-12/h1-3,12H,(H2,10,11). The van der Waals surface area contributed by atoms with E-state index in [1.807, 2.05) is 0 Å². The lowest BCUT2D eigenvalue weighted by Crippen LogP contribution is -2.13. The molecule has 0 saturated heterocycles. The minimum Gasteiger partial charge on any atom is -0.409 e. The first kappa shape index (κ1) is 8.99. The molecule has 5 heteroatoms. The Morgan fingerprint density at radius 3 is 2.83 bits per heavy atom. The fourth-order valence-electron chi connectivity index (χ4n) is 0.748. The molecule has 0 aliphatic carbocycles. The van der Waals surface area contributed by atoms with Crippen LogP contribution in [0.1, 0.15) is 5.56 Å². The molecule has 0 bridgehead atoms. The van der Waals surface area contributed by atoms with Crippen LogP contribution in [0, 0.1) is 5.82 Å². The Morgan fingerprint density at radius 2 is 2.25 bits per heavy atom. The number of oxime groups is 1. The van der Waals surface area contributed by atoms with Crippen molar-refractivity contribution < 1.29 is 9.60 Å². The summed E-state index contributed by atoms with van der Waals surface area (Å²) >= 11 is 3.13. The first-order valence-corrected chi connectivity index (χ1v) is 3.87. The molecule has 0 unspecified atom stereocenters. The van der Waals surface area contributed by atoms with Gasteiger partial charge in [0.15, 0.2) is 5.84 Å². The Labute approximate surface area is 76.8 Å². The number of hydrogen-bond donors (Lipinski definition) is 2. The molecule has 12 heavy (non-hydrogen) atoms. The Hall–Kier alpha value is -1.10. The van der Waals surface area contributed by atoms with Gasteiger partial charge in [0.1, 0.15) is 5.82 Å². The van der Waals surface area contributed by atoms with E-state index >= 15 is 0 Å². The van der Waals surface area contributed by atoms with Crippen LogP contribution in [0.5, 0.6) is 0 Å². The maximum Gasteiger partial charge on any atom is 0.171 e. The van der Waals surface area contributed by atoms with Crippen molar-refractivity contribution in [2.45, 2.75) is 0 Å². The van der Waals surface area contributed by atoms with Crippen LogP contribution in [0.3, 0.4) is 0 Å². The van der Waals surface area contributed by atoms with Gasteiger partial charge in [-0.15, -0.1) is 0 Å². The van der Waals surface area contributed by atoms with E-state index in [2.05, 4.69) is 21.1 Å². The number of amidine groups is 1. The summed E-state index contributed by atoms with van der Waals surface area (Å²) in [5, 5.41) is 11.1. The molecule has 0 atom stereocenters. The normalized spacial score (nSPS) is 11.7. The molecule has 3 nitrogen and oxygen atoms in total. The monoisotopic (exact) mass is 232 g/mol. The zero-order valence-corrected chi connectivity index (χ0v) is 7.55. The third-order valence-electron chi connectivity index (χ3n) is 1.31. The van der Waals surface area contributed by atoms with Crippen LogP contribution >= 0.6 is 15.9 Å². The maximum atomic E-state index is 12.6. The largest absolute Gasteiger partial charge is 0.409 e. The molecule has 1 rings (SSSR count). The molecule has 0 aliphatic rings. The lowest BCUT2D eigenvalue weighted by Gasteiger charge is -2.00. The van der Waals surface area contributed by atoms with Gasteiger partial charge in [-0.05, 0) is 18.2 Å². The number of nitrogens with two attached hydrogens (primary N) is 1. The summed E-state index contributed by atoms with van der Waals surface area (Å²) in [6.07, 6.45) is 0. The number of halogens is 2. The molecule has 3 N–H and O–H groups in total. The molecule has 0 saturated carbocycles. The predicted molar refractivity (Wildman–Crippen MR) is 46.6 cm³/mol. The molecule has 0 radical (unpaired) electrons. The van der Waals surface area contributed by atoms with Crippen LogP contribution in [-0.2, 0) is 0 Å². The maximum absolute atomic E-state index is 12.6. The lowest BCUT2D eigenvalue weighted by atomic mass is 10.2. The summed E-state index contributed by atoms with van der Waals surface area (Å²) in [6, 6.07) is 3.94. The van der Waals surface area contributed by atoms with Gasteiger partial charge in [-0.1, -0.05) is 21.1 Å². The minimum atomic E-state index is -0.431. The van der Waals surface area contributed by atoms with Crippen LogP contribution in [0.2, 0.25) is 0 Å². The molecule has 0 fully saturated rings. The number of nitrogens with zero attached hydrogens (tertiary/aromatic N) is 1.